The minimum atomic E-state index is -0.234. The Hall–Kier alpha value is -1.03. The van der Waals surface area contributed by atoms with Crippen LogP contribution in [0.5, 0.6) is 0 Å². The van der Waals surface area contributed by atoms with Crippen LogP contribution in [0.4, 0.5) is 5.82 Å². The molecule has 1 aliphatic carbocycles. The summed E-state index contributed by atoms with van der Waals surface area (Å²) in [6.45, 7) is 6.82. The predicted octanol–water partition coefficient (Wildman–Crippen LogP) is 3.07. The molecule has 1 fully saturated rings. The zero-order valence-corrected chi connectivity index (χ0v) is 13.3. The van der Waals surface area contributed by atoms with Gasteiger partial charge in [0.05, 0.1) is 0 Å². The van der Waals surface area contributed by atoms with E-state index in [9.17, 15) is 4.79 Å². The summed E-state index contributed by atoms with van der Waals surface area (Å²) in [6.07, 6.45) is 7.04. The molecule has 2 atom stereocenters. The number of aromatic nitrogens is 2. The van der Waals surface area contributed by atoms with E-state index >= 15 is 0 Å². The van der Waals surface area contributed by atoms with Crippen molar-refractivity contribution in [2.75, 3.05) is 17.7 Å². The van der Waals surface area contributed by atoms with Gasteiger partial charge in [-0.1, -0.05) is 6.42 Å². The predicted molar refractivity (Wildman–Crippen MR) is 83.5 cm³/mol. The molecule has 0 bridgehead atoms. The van der Waals surface area contributed by atoms with Crippen molar-refractivity contribution < 1.29 is 0 Å². The second kappa shape index (κ2) is 6.17. The Morgan fingerprint density at radius 2 is 2.10 bits per heavy atom. The van der Waals surface area contributed by atoms with Crippen LogP contribution in [0.15, 0.2) is 17.2 Å². The third kappa shape index (κ3) is 3.35. The molecule has 20 heavy (non-hydrogen) atoms. The molecular weight excluding hydrogens is 274 g/mol. The van der Waals surface area contributed by atoms with Crippen molar-refractivity contribution in [3.05, 3.63) is 22.7 Å². The fraction of sp³-hybridized carbons (Fsp3) is 0.733. The van der Waals surface area contributed by atoms with E-state index in [-0.39, 0.29) is 11.1 Å². The standard InChI is InChI=1S/C15H24ClN3O/c1-15(2,3)19-8-7-17-13(14(19)20)18-10-12-6-4-5-11(12)9-16/h7-8,11-12H,4-6,9-10H2,1-3H3,(H,17,18). The highest BCUT2D eigenvalue weighted by Gasteiger charge is 2.26. The van der Waals surface area contributed by atoms with E-state index in [0.29, 0.717) is 23.5 Å². The normalized spacial score (nSPS) is 23.0. The first-order valence-electron chi connectivity index (χ1n) is 7.31. The van der Waals surface area contributed by atoms with Crippen molar-refractivity contribution in [1.29, 1.82) is 0 Å². The third-order valence-electron chi connectivity index (χ3n) is 4.11. The van der Waals surface area contributed by atoms with Gasteiger partial charge in [-0.2, -0.15) is 0 Å². The van der Waals surface area contributed by atoms with E-state index in [0.717, 1.165) is 6.54 Å². The summed E-state index contributed by atoms with van der Waals surface area (Å²) in [5.74, 6) is 2.28. The lowest BCUT2D eigenvalue weighted by atomic mass is 9.98. The molecule has 0 saturated heterocycles. The maximum Gasteiger partial charge on any atom is 0.293 e. The molecule has 4 nitrogen and oxygen atoms in total. The molecule has 1 aliphatic rings. The summed E-state index contributed by atoms with van der Waals surface area (Å²) >= 11 is 5.99. The van der Waals surface area contributed by atoms with Crippen molar-refractivity contribution in [3.8, 4) is 0 Å². The highest BCUT2D eigenvalue weighted by Crippen LogP contribution is 2.32. The SMILES string of the molecule is CC(C)(C)n1ccnc(NCC2CCCC2CCl)c1=O. The molecule has 0 aromatic carbocycles. The molecule has 1 aromatic heterocycles. The van der Waals surface area contributed by atoms with Crippen molar-refractivity contribution in [2.45, 2.75) is 45.6 Å². The molecule has 112 valence electrons. The monoisotopic (exact) mass is 297 g/mol. The van der Waals surface area contributed by atoms with Gasteiger partial charge < -0.3 is 9.88 Å². The first kappa shape index (κ1) is 15.4. The lowest BCUT2D eigenvalue weighted by Gasteiger charge is -2.23. The van der Waals surface area contributed by atoms with Gasteiger partial charge in [-0.15, -0.1) is 11.6 Å². The van der Waals surface area contributed by atoms with E-state index in [1.807, 2.05) is 20.8 Å². The van der Waals surface area contributed by atoms with Crippen molar-refractivity contribution in [3.63, 3.8) is 0 Å². The molecule has 1 aromatic rings. The molecule has 1 N–H and O–H groups in total. The van der Waals surface area contributed by atoms with Crippen LogP contribution < -0.4 is 10.9 Å². The number of nitrogens with one attached hydrogen (secondary N) is 1. The first-order valence-corrected chi connectivity index (χ1v) is 7.85. The number of nitrogens with zero attached hydrogens (tertiary/aromatic N) is 2. The number of hydrogen-bond donors (Lipinski definition) is 1. The van der Waals surface area contributed by atoms with Gasteiger partial charge in [0.1, 0.15) is 0 Å². The molecule has 0 spiro atoms. The van der Waals surface area contributed by atoms with Gasteiger partial charge in [-0.05, 0) is 45.4 Å². The molecule has 2 unspecified atom stereocenters. The number of anilines is 1. The van der Waals surface area contributed by atoms with E-state index in [1.54, 1.807) is 17.0 Å². The summed E-state index contributed by atoms with van der Waals surface area (Å²) in [4.78, 5) is 16.6. The molecular formula is C15H24ClN3O. The van der Waals surface area contributed by atoms with Crippen LogP contribution in [0.25, 0.3) is 0 Å². The number of halogens is 1. The Balaban J connectivity index is 2.09. The second-order valence-electron chi connectivity index (χ2n) is 6.61. The molecule has 0 aliphatic heterocycles. The fourth-order valence-corrected chi connectivity index (χ4v) is 3.28. The highest BCUT2D eigenvalue weighted by molar-refractivity contribution is 6.18. The minimum Gasteiger partial charge on any atom is -0.365 e. The van der Waals surface area contributed by atoms with Crippen molar-refractivity contribution in [1.82, 2.24) is 9.55 Å². The minimum absolute atomic E-state index is 0.0552. The second-order valence-corrected chi connectivity index (χ2v) is 6.92. The first-order chi connectivity index (χ1) is 9.43. The van der Waals surface area contributed by atoms with Gasteiger partial charge >= 0.3 is 0 Å². The smallest absolute Gasteiger partial charge is 0.293 e. The van der Waals surface area contributed by atoms with Gasteiger partial charge in [0.25, 0.3) is 5.56 Å². The Bertz CT molecular complexity index is 507. The summed E-state index contributed by atoms with van der Waals surface area (Å²) in [7, 11) is 0. The number of rotatable bonds is 4. The van der Waals surface area contributed by atoms with Crippen molar-refractivity contribution in [2.24, 2.45) is 11.8 Å². The molecule has 2 rings (SSSR count). The summed E-state index contributed by atoms with van der Waals surface area (Å²) in [5.41, 5.74) is -0.289. The summed E-state index contributed by atoms with van der Waals surface area (Å²) < 4.78 is 1.72. The van der Waals surface area contributed by atoms with Gasteiger partial charge in [-0.3, -0.25) is 4.79 Å². The Kier molecular flexibility index (Phi) is 4.74. The average molecular weight is 298 g/mol. The van der Waals surface area contributed by atoms with Crippen molar-refractivity contribution >= 4 is 17.4 Å². The molecule has 5 heteroatoms. The lowest BCUT2D eigenvalue weighted by Crippen LogP contribution is -2.35. The molecule has 0 amide bonds. The Morgan fingerprint density at radius 3 is 2.75 bits per heavy atom. The van der Waals surface area contributed by atoms with Crippen LogP contribution in [0.2, 0.25) is 0 Å². The zero-order valence-electron chi connectivity index (χ0n) is 12.5. The molecule has 0 radical (unpaired) electrons. The average Bonchev–Trinajstić information content (AvgIpc) is 2.83. The Morgan fingerprint density at radius 1 is 1.40 bits per heavy atom. The highest BCUT2D eigenvalue weighted by atomic mass is 35.5. The topological polar surface area (TPSA) is 46.9 Å². The van der Waals surface area contributed by atoms with Crippen LogP contribution >= 0.6 is 11.6 Å². The summed E-state index contributed by atoms with van der Waals surface area (Å²) in [5, 5.41) is 3.23. The largest absolute Gasteiger partial charge is 0.365 e. The zero-order chi connectivity index (χ0) is 14.8. The molecule has 1 saturated carbocycles. The van der Waals surface area contributed by atoms with Crippen LogP contribution in [0, 0.1) is 11.8 Å². The van der Waals surface area contributed by atoms with Crippen LogP contribution in [0.1, 0.15) is 40.0 Å². The Labute approximate surface area is 125 Å². The third-order valence-corrected chi connectivity index (χ3v) is 4.51. The van der Waals surface area contributed by atoms with E-state index in [4.69, 9.17) is 11.6 Å². The fourth-order valence-electron chi connectivity index (χ4n) is 2.87. The van der Waals surface area contributed by atoms with E-state index < -0.39 is 0 Å². The summed E-state index contributed by atoms with van der Waals surface area (Å²) in [6, 6.07) is 0. The van der Waals surface area contributed by atoms with Gasteiger partial charge in [0, 0.05) is 30.4 Å². The van der Waals surface area contributed by atoms with E-state index in [2.05, 4.69) is 10.3 Å². The maximum absolute atomic E-state index is 12.4. The van der Waals surface area contributed by atoms with E-state index in [1.165, 1.54) is 19.3 Å². The van der Waals surface area contributed by atoms with Crippen LogP contribution in [-0.4, -0.2) is 22.0 Å². The number of alkyl halides is 1. The van der Waals surface area contributed by atoms with Gasteiger partial charge in [0.2, 0.25) is 0 Å². The van der Waals surface area contributed by atoms with Crippen LogP contribution in [-0.2, 0) is 5.54 Å². The van der Waals surface area contributed by atoms with Crippen LogP contribution in [0.3, 0.4) is 0 Å². The maximum atomic E-state index is 12.4. The lowest BCUT2D eigenvalue weighted by molar-refractivity contribution is 0.382. The number of hydrogen-bond acceptors (Lipinski definition) is 3. The molecule has 1 heterocycles. The van der Waals surface area contributed by atoms with Gasteiger partial charge in [-0.25, -0.2) is 4.98 Å². The van der Waals surface area contributed by atoms with Gasteiger partial charge in [0.15, 0.2) is 5.82 Å². The quantitative estimate of drug-likeness (QED) is 0.869.